The Hall–Kier alpha value is -3.26. The first-order valence-electron chi connectivity index (χ1n) is 10.3. The molecule has 0 fully saturated rings. The van der Waals surface area contributed by atoms with Crippen molar-refractivity contribution >= 4 is 17.2 Å². The molecule has 1 aromatic heterocycles. The van der Waals surface area contributed by atoms with Gasteiger partial charge in [-0.05, 0) is 49.2 Å². The predicted molar refractivity (Wildman–Crippen MR) is 124 cm³/mol. The van der Waals surface area contributed by atoms with Crippen molar-refractivity contribution in [1.82, 2.24) is 10.3 Å². The molecule has 1 unspecified atom stereocenters. The van der Waals surface area contributed by atoms with E-state index in [9.17, 15) is 4.79 Å². The van der Waals surface area contributed by atoms with Crippen molar-refractivity contribution in [2.75, 3.05) is 20.8 Å². The number of aromatic nitrogens is 1. The summed E-state index contributed by atoms with van der Waals surface area (Å²) in [4.78, 5) is 17.0. The van der Waals surface area contributed by atoms with E-state index in [2.05, 4.69) is 10.3 Å². The second-order valence-electron chi connectivity index (χ2n) is 7.09. The summed E-state index contributed by atoms with van der Waals surface area (Å²) in [6.07, 6.45) is 0.912. The topological polar surface area (TPSA) is 78.9 Å². The van der Waals surface area contributed by atoms with Crippen LogP contribution in [0.5, 0.6) is 23.0 Å². The van der Waals surface area contributed by atoms with E-state index in [1.807, 2.05) is 37.4 Å². The molecule has 1 N–H and O–H groups in total. The molecular weight excluding hydrogens is 428 g/mol. The van der Waals surface area contributed by atoms with E-state index >= 15 is 0 Å². The quantitative estimate of drug-likeness (QED) is 0.437. The molecule has 0 aliphatic rings. The summed E-state index contributed by atoms with van der Waals surface area (Å²) in [6, 6.07) is 10.5. The minimum atomic E-state index is -0.233. The van der Waals surface area contributed by atoms with Gasteiger partial charge in [0.05, 0.1) is 38.1 Å². The number of amides is 1. The number of carbonyl (C=O) groups excluding carboxylic acids is 1. The molecule has 8 heteroatoms. The Balaban J connectivity index is 1.68. The van der Waals surface area contributed by atoms with Gasteiger partial charge >= 0.3 is 0 Å². The number of thiazole rings is 1. The molecule has 7 nitrogen and oxygen atoms in total. The molecule has 0 aliphatic heterocycles. The largest absolute Gasteiger partial charge is 0.493 e. The minimum absolute atomic E-state index is 0.216. The minimum Gasteiger partial charge on any atom is -0.493 e. The van der Waals surface area contributed by atoms with E-state index < -0.39 is 0 Å². The van der Waals surface area contributed by atoms with Gasteiger partial charge in [0.2, 0.25) is 0 Å². The highest BCUT2D eigenvalue weighted by molar-refractivity contribution is 7.07. The van der Waals surface area contributed by atoms with Crippen molar-refractivity contribution in [3.63, 3.8) is 0 Å². The molecule has 32 heavy (non-hydrogen) atoms. The van der Waals surface area contributed by atoms with Crippen molar-refractivity contribution in [2.45, 2.75) is 32.9 Å². The lowest BCUT2D eigenvalue weighted by molar-refractivity contribution is 0.0939. The van der Waals surface area contributed by atoms with Crippen LogP contribution in [0, 0.1) is 0 Å². The zero-order chi connectivity index (χ0) is 22.9. The van der Waals surface area contributed by atoms with Crippen LogP contribution in [0.25, 0.3) is 0 Å². The van der Waals surface area contributed by atoms with Gasteiger partial charge in [0.15, 0.2) is 23.0 Å². The van der Waals surface area contributed by atoms with Crippen molar-refractivity contribution in [3.05, 3.63) is 64.1 Å². The van der Waals surface area contributed by atoms with Crippen molar-refractivity contribution in [2.24, 2.45) is 0 Å². The van der Waals surface area contributed by atoms with Crippen molar-refractivity contribution in [1.29, 1.82) is 0 Å². The first kappa shape index (κ1) is 23.4. The Labute approximate surface area is 192 Å². The van der Waals surface area contributed by atoms with Gasteiger partial charge in [-0.15, -0.1) is 11.3 Å². The molecule has 170 valence electrons. The average molecular weight is 457 g/mol. The molecule has 0 radical (unpaired) electrons. The van der Waals surface area contributed by atoms with Crippen LogP contribution >= 0.6 is 11.3 Å². The van der Waals surface area contributed by atoms with Crippen LogP contribution in [0.15, 0.2) is 47.3 Å². The first-order chi connectivity index (χ1) is 15.5. The summed E-state index contributed by atoms with van der Waals surface area (Å²) in [6.45, 7) is 4.92. The Morgan fingerprint density at radius 1 is 1.03 bits per heavy atom. The summed E-state index contributed by atoms with van der Waals surface area (Å²) in [5.41, 5.74) is 3.99. The predicted octanol–water partition coefficient (Wildman–Crippen LogP) is 5.02. The lowest BCUT2D eigenvalue weighted by atomic mass is 10.1. The normalized spacial score (nSPS) is 11.5. The third-order valence-electron chi connectivity index (χ3n) is 4.78. The summed E-state index contributed by atoms with van der Waals surface area (Å²) in [5.74, 6) is 2.15. The Kier molecular flexibility index (Phi) is 8.33. The monoisotopic (exact) mass is 456 g/mol. The lowest BCUT2D eigenvalue weighted by Crippen LogP contribution is -2.26. The highest BCUT2D eigenvalue weighted by Crippen LogP contribution is 2.31. The van der Waals surface area contributed by atoms with Gasteiger partial charge in [-0.25, -0.2) is 4.98 Å². The molecule has 3 rings (SSSR count). The smallest absolute Gasteiger partial charge is 0.251 e. The third-order valence-corrected chi connectivity index (χ3v) is 5.42. The van der Waals surface area contributed by atoms with Gasteiger partial charge in [0.1, 0.15) is 6.61 Å². The molecule has 0 bridgehead atoms. The maximum absolute atomic E-state index is 12.8. The fraction of sp³-hybridized carbons (Fsp3) is 0.333. The van der Waals surface area contributed by atoms with Crippen LogP contribution in [-0.4, -0.2) is 31.7 Å². The lowest BCUT2D eigenvalue weighted by Gasteiger charge is -2.18. The standard InChI is InChI=1S/C24H28N2O5S/c1-5-10-30-20-8-6-17(11-22(20)28-3)16(2)26-24(27)18-7-9-21(23(12-18)29-4)31-13-19-14-32-15-25-19/h6-9,11-12,14-16H,5,10,13H2,1-4H3,(H,26,27). The van der Waals surface area contributed by atoms with E-state index in [-0.39, 0.29) is 11.9 Å². The van der Waals surface area contributed by atoms with E-state index in [4.69, 9.17) is 18.9 Å². The number of ether oxygens (including phenoxy) is 4. The van der Waals surface area contributed by atoms with E-state index in [1.165, 1.54) is 11.3 Å². The second-order valence-corrected chi connectivity index (χ2v) is 7.81. The number of hydrogen-bond acceptors (Lipinski definition) is 7. The second kappa shape index (κ2) is 11.4. The highest BCUT2D eigenvalue weighted by Gasteiger charge is 2.16. The number of methoxy groups -OCH3 is 2. The number of nitrogens with one attached hydrogen (secondary N) is 1. The molecule has 0 saturated heterocycles. The summed E-state index contributed by atoms with van der Waals surface area (Å²) in [5, 5.41) is 4.94. The third kappa shape index (κ3) is 5.91. The molecular formula is C24H28N2O5S. The number of rotatable bonds is 11. The molecule has 0 aliphatic carbocycles. The van der Waals surface area contributed by atoms with E-state index in [0.717, 1.165) is 17.7 Å². The van der Waals surface area contributed by atoms with Crippen LogP contribution in [0.4, 0.5) is 0 Å². The number of carbonyl (C=O) groups is 1. The number of hydrogen-bond donors (Lipinski definition) is 1. The Morgan fingerprint density at radius 2 is 1.75 bits per heavy atom. The number of benzene rings is 2. The first-order valence-corrected chi connectivity index (χ1v) is 11.3. The fourth-order valence-electron chi connectivity index (χ4n) is 3.04. The van der Waals surface area contributed by atoms with Crippen LogP contribution in [-0.2, 0) is 6.61 Å². The maximum Gasteiger partial charge on any atom is 0.251 e. The summed E-state index contributed by atoms with van der Waals surface area (Å²) >= 11 is 1.51. The van der Waals surface area contributed by atoms with Gasteiger partial charge in [-0.3, -0.25) is 4.79 Å². The van der Waals surface area contributed by atoms with Crippen LogP contribution in [0.1, 0.15) is 47.9 Å². The van der Waals surface area contributed by atoms with Crippen molar-refractivity contribution in [3.8, 4) is 23.0 Å². The molecule has 0 saturated carbocycles. The van der Waals surface area contributed by atoms with Gasteiger partial charge in [-0.2, -0.15) is 0 Å². The highest BCUT2D eigenvalue weighted by atomic mass is 32.1. The molecule has 1 atom stereocenters. The van der Waals surface area contributed by atoms with Crippen LogP contribution in [0.3, 0.4) is 0 Å². The van der Waals surface area contributed by atoms with Gasteiger partial charge in [0.25, 0.3) is 5.91 Å². The van der Waals surface area contributed by atoms with Crippen molar-refractivity contribution < 1.29 is 23.7 Å². The van der Waals surface area contributed by atoms with Gasteiger partial charge in [-0.1, -0.05) is 13.0 Å². The molecule has 1 heterocycles. The Morgan fingerprint density at radius 3 is 2.44 bits per heavy atom. The summed E-state index contributed by atoms with van der Waals surface area (Å²) < 4.78 is 22.3. The average Bonchev–Trinajstić information content (AvgIpc) is 3.34. The van der Waals surface area contributed by atoms with E-state index in [1.54, 1.807) is 37.9 Å². The fourth-order valence-corrected chi connectivity index (χ4v) is 3.58. The zero-order valence-corrected chi connectivity index (χ0v) is 19.5. The molecule has 2 aromatic carbocycles. The summed E-state index contributed by atoms with van der Waals surface area (Å²) in [7, 11) is 3.15. The van der Waals surface area contributed by atoms with Gasteiger partial charge in [0, 0.05) is 10.9 Å². The number of nitrogens with zero attached hydrogens (tertiary/aromatic N) is 1. The molecule has 3 aromatic rings. The maximum atomic E-state index is 12.8. The molecule has 0 spiro atoms. The van der Waals surface area contributed by atoms with Crippen LogP contribution < -0.4 is 24.3 Å². The van der Waals surface area contributed by atoms with E-state index in [0.29, 0.717) is 41.8 Å². The SMILES string of the molecule is CCCOc1ccc(C(C)NC(=O)c2ccc(OCc3cscn3)c(OC)c2)cc1OC. The molecule has 1 amide bonds. The Bertz CT molecular complexity index is 1020. The van der Waals surface area contributed by atoms with Gasteiger partial charge < -0.3 is 24.3 Å². The zero-order valence-electron chi connectivity index (χ0n) is 18.7. The van der Waals surface area contributed by atoms with Crippen LogP contribution in [0.2, 0.25) is 0 Å².